The Balaban J connectivity index is 1.91. The molecule has 23 heavy (non-hydrogen) atoms. The van der Waals surface area contributed by atoms with Crippen molar-refractivity contribution in [1.82, 2.24) is 4.90 Å². The van der Waals surface area contributed by atoms with Crippen molar-refractivity contribution in [2.45, 2.75) is 12.3 Å². The van der Waals surface area contributed by atoms with Gasteiger partial charge >= 0.3 is 0 Å². The number of thioether (sulfide) groups is 1. The van der Waals surface area contributed by atoms with Gasteiger partial charge in [0.1, 0.15) is 11.2 Å². The van der Waals surface area contributed by atoms with Gasteiger partial charge in [0.2, 0.25) is 0 Å². The molecule has 2 aromatic carbocycles. The van der Waals surface area contributed by atoms with Crippen LogP contribution in [0.2, 0.25) is 10.0 Å². The van der Waals surface area contributed by atoms with Crippen LogP contribution in [0, 0.1) is 12.7 Å². The van der Waals surface area contributed by atoms with Gasteiger partial charge in [-0.25, -0.2) is 4.39 Å². The molecule has 0 N–H and O–H groups in total. The molecule has 2 nitrogen and oxygen atoms in total. The fourth-order valence-electron chi connectivity index (χ4n) is 2.53. The molecular weight excluding hydrogens is 356 g/mol. The number of carbonyl (C=O) groups is 1. The van der Waals surface area contributed by atoms with Crippen LogP contribution in [0.5, 0.6) is 0 Å². The fraction of sp³-hybridized carbons (Fsp3) is 0.235. The average Bonchev–Trinajstić information content (AvgIpc) is 2.98. The molecule has 3 rings (SSSR count). The van der Waals surface area contributed by atoms with E-state index in [4.69, 9.17) is 23.2 Å². The lowest BCUT2D eigenvalue weighted by molar-refractivity contribution is 0.0760. The third-order valence-corrected chi connectivity index (χ3v) is 5.60. The Hall–Kier alpha value is -1.23. The van der Waals surface area contributed by atoms with E-state index in [9.17, 15) is 9.18 Å². The quantitative estimate of drug-likeness (QED) is 0.712. The molecule has 1 saturated heterocycles. The third kappa shape index (κ3) is 3.35. The first-order valence-electron chi connectivity index (χ1n) is 7.11. The summed E-state index contributed by atoms with van der Waals surface area (Å²) in [6.45, 7) is 2.27. The molecule has 1 amide bonds. The van der Waals surface area contributed by atoms with Crippen LogP contribution in [-0.2, 0) is 0 Å². The maximum atomic E-state index is 13.7. The Labute approximate surface area is 148 Å². The molecule has 0 aliphatic carbocycles. The summed E-state index contributed by atoms with van der Waals surface area (Å²) >= 11 is 13.9. The van der Waals surface area contributed by atoms with Crippen molar-refractivity contribution in [2.24, 2.45) is 0 Å². The maximum absolute atomic E-state index is 13.7. The van der Waals surface area contributed by atoms with Crippen molar-refractivity contribution < 1.29 is 9.18 Å². The maximum Gasteiger partial charge on any atom is 0.255 e. The number of rotatable bonds is 2. The minimum absolute atomic E-state index is 0.184. The standard InChI is InChI=1S/C17H14Cl2FNOS/c1-10-2-3-11(8-15(10)20)16(22)21-6-7-23-17(21)13-5-4-12(18)9-14(13)19/h2-5,8-9,17H,6-7H2,1H3. The van der Waals surface area contributed by atoms with Crippen molar-refractivity contribution in [1.29, 1.82) is 0 Å². The molecule has 0 spiro atoms. The van der Waals surface area contributed by atoms with E-state index in [0.29, 0.717) is 27.7 Å². The molecule has 1 aliphatic rings. The summed E-state index contributed by atoms with van der Waals surface area (Å²) in [5, 5.41) is 0.904. The highest BCUT2D eigenvalue weighted by atomic mass is 35.5. The molecule has 0 aromatic heterocycles. The van der Waals surface area contributed by atoms with E-state index in [1.54, 1.807) is 47.9 Å². The Kier molecular flexibility index (Phi) is 4.85. The SMILES string of the molecule is Cc1ccc(C(=O)N2CCSC2c2ccc(Cl)cc2Cl)cc1F. The van der Waals surface area contributed by atoms with Gasteiger partial charge in [0.05, 0.1) is 0 Å². The van der Waals surface area contributed by atoms with Gasteiger partial charge in [-0.1, -0.05) is 35.3 Å². The van der Waals surface area contributed by atoms with Crippen molar-refractivity contribution in [3.8, 4) is 0 Å². The lowest BCUT2D eigenvalue weighted by atomic mass is 10.1. The Morgan fingerprint density at radius 2 is 2.04 bits per heavy atom. The summed E-state index contributed by atoms with van der Waals surface area (Å²) in [5.41, 5.74) is 1.72. The van der Waals surface area contributed by atoms with Crippen LogP contribution < -0.4 is 0 Å². The van der Waals surface area contributed by atoms with Gasteiger partial charge in [0.15, 0.2) is 0 Å². The number of amides is 1. The van der Waals surface area contributed by atoms with Gasteiger partial charge < -0.3 is 4.90 Å². The monoisotopic (exact) mass is 369 g/mol. The van der Waals surface area contributed by atoms with Crippen LogP contribution in [0.3, 0.4) is 0 Å². The molecule has 1 unspecified atom stereocenters. The van der Waals surface area contributed by atoms with E-state index in [0.717, 1.165) is 11.3 Å². The minimum Gasteiger partial charge on any atom is -0.322 e. The van der Waals surface area contributed by atoms with Gasteiger partial charge in [-0.2, -0.15) is 0 Å². The van der Waals surface area contributed by atoms with E-state index in [-0.39, 0.29) is 17.1 Å². The molecule has 1 heterocycles. The van der Waals surface area contributed by atoms with Crippen LogP contribution >= 0.6 is 35.0 Å². The molecule has 1 fully saturated rings. The average molecular weight is 370 g/mol. The Morgan fingerprint density at radius 1 is 1.26 bits per heavy atom. The van der Waals surface area contributed by atoms with E-state index in [1.807, 2.05) is 6.07 Å². The van der Waals surface area contributed by atoms with Gasteiger partial charge in [0.25, 0.3) is 5.91 Å². The van der Waals surface area contributed by atoms with Crippen LogP contribution in [0.1, 0.15) is 26.9 Å². The third-order valence-electron chi connectivity index (χ3n) is 3.80. The molecule has 120 valence electrons. The minimum atomic E-state index is -0.372. The van der Waals surface area contributed by atoms with E-state index >= 15 is 0 Å². The molecule has 0 saturated carbocycles. The van der Waals surface area contributed by atoms with E-state index < -0.39 is 0 Å². The molecule has 1 atom stereocenters. The lowest BCUT2D eigenvalue weighted by Gasteiger charge is -2.25. The summed E-state index contributed by atoms with van der Waals surface area (Å²) in [6, 6.07) is 9.84. The second-order valence-electron chi connectivity index (χ2n) is 5.35. The van der Waals surface area contributed by atoms with Gasteiger partial charge in [-0.15, -0.1) is 11.8 Å². The number of halogens is 3. The zero-order valence-corrected chi connectivity index (χ0v) is 14.7. The summed E-state index contributed by atoms with van der Waals surface area (Å²) < 4.78 is 13.7. The number of benzene rings is 2. The topological polar surface area (TPSA) is 20.3 Å². The first-order valence-corrected chi connectivity index (χ1v) is 8.91. The van der Waals surface area contributed by atoms with Crippen molar-refractivity contribution >= 4 is 40.9 Å². The van der Waals surface area contributed by atoms with Crippen LogP contribution in [0.4, 0.5) is 4.39 Å². The first-order chi connectivity index (χ1) is 11.0. The zero-order chi connectivity index (χ0) is 16.6. The second kappa shape index (κ2) is 6.71. The molecule has 1 aliphatic heterocycles. The van der Waals surface area contributed by atoms with Crippen LogP contribution in [0.15, 0.2) is 36.4 Å². The van der Waals surface area contributed by atoms with Gasteiger partial charge in [-0.3, -0.25) is 4.79 Å². The number of hydrogen-bond donors (Lipinski definition) is 0. The number of carbonyl (C=O) groups excluding carboxylic acids is 1. The Morgan fingerprint density at radius 3 is 2.74 bits per heavy atom. The van der Waals surface area contributed by atoms with E-state index in [1.165, 1.54) is 6.07 Å². The first kappa shape index (κ1) is 16.6. The molecular formula is C17H14Cl2FNOS. The molecule has 0 bridgehead atoms. The summed E-state index contributed by atoms with van der Waals surface area (Å²) in [5.74, 6) is 0.248. The van der Waals surface area contributed by atoms with Crippen molar-refractivity contribution in [3.63, 3.8) is 0 Å². The summed E-state index contributed by atoms with van der Waals surface area (Å²) in [7, 11) is 0. The van der Waals surface area contributed by atoms with E-state index in [2.05, 4.69) is 0 Å². The van der Waals surface area contributed by atoms with Crippen LogP contribution in [0.25, 0.3) is 0 Å². The molecule has 0 radical (unpaired) electrons. The van der Waals surface area contributed by atoms with Crippen molar-refractivity contribution in [3.05, 3.63) is 69.0 Å². The summed E-state index contributed by atoms with van der Waals surface area (Å²) in [4.78, 5) is 14.5. The lowest BCUT2D eigenvalue weighted by Crippen LogP contribution is -2.30. The predicted octanol–water partition coefficient (Wildman–Crippen LogP) is 5.33. The molecule has 6 heteroatoms. The Bertz CT molecular complexity index is 768. The number of aryl methyl sites for hydroxylation is 1. The second-order valence-corrected chi connectivity index (χ2v) is 7.38. The number of hydrogen-bond acceptors (Lipinski definition) is 2. The molecule has 2 aromatic rings. The largest absolute Gasteiger partial charge is 0.322 e. The van der Waals surface area contributed by atoms with Gasteiger partial charge in [0, 0.05) is 33.5 Å². The fourth-order valence-corrected chi connectivity index (χ4v) is 4.40. The highest BCUT2D eigenvalue weighted by molar-refractivity contribution is 7.99. The predicted molar refractivity (Wildman–Crippen MR) is 93.8 cm³/mol. The normalized spacial score (nSPS) is 17.6. The van der Waals surface area contributed by atoms with Crippen molar-refractivity contribution in [2.75, 3.05) is 12.3 Å². The zero-order valence-electron chi connectivity index (χ0n) is 12.4. The van der Waals surface area contributed by atoms with Crippen LogP contribution in [-0.4, -0.2) is 23.1 Å². The highest BCUT2D eigenvalue weighted by Gasteiger charge is 2.32. The smallest absolute Gasteiger partial charge is 0.255 e. The highest BCUT2D eigenvalue weighted by Crippen LogP contribution is 2.42. The summed E-state index contributed by atoms with van der Waals surface area (Å²) in [6.07, 6.45) is 0. The number of nitrogens with zero attached hydrogens (tertiary/aromatic N) is 1. The van der Waals surface area contributed by atoms with Gasteiger partial charge in [-0.05, 0) is 36.8 Å².